The third-order valence-corrected chi connectivity index (χ3v) is 4.89. The van der Waals surface area contributed by atoms with E-state index in [1.54, 1.807) is 30.5 Å². The quantitative estimate of drug-likeness (QED) is 0.702. The molecule has 0 saturated heterocycles. The van der Waals surface area contributed by atoms with Gasteiger partial charge >= 0.3 is 6.03 Å². The number of hydrogen-bond acceptors (Lipinski definition) is 2. The number of carbonyl (C=O) groups excluding carboxylic acids is 1. The Hall–Kier alpha value is -2.85. The lowest BCUT2D eigenvalue weighted by Crippen LogP contribution is -2.43. The summed E-state index contributed by atoms with van der Waals surface area (Å²) >= 11 is 5.93. The fraction of sp³-hybridized carbons (Fsp3) is 0.143. The first-order chi connectivity index (χ1) is 12.7. The molecule has 26 heavy (non-hydrogen) atoms. The molecule has 1 aliphatic heterocycles. The average molecular weight is 364 g/mol. The molecule has 4 rings (SSSR count). The Morgan fingerprint density at radius 3 is 2.65 bits per heavy atom. The summed E-state index contributed by atoms with van der Waals surface area (Å²) < 4.78 is 0. The van der Waals surface area contributed by atoms with E-state index in [2.05, 4.69) is 22.4 Å². The molecule has 2 aromatic carbocycles. The molecule has 1 unspecified atom stereocenters. The normalized spacial score (nSPS) is 16.0. The summed E-state index contributed by atoms with van der Waals surface area (Å²) in [6.07, 6.45) is 4.41. The van der Waals surface area contributed by atoms with E-state index < -0.39 is 0 Å². The Kier molecular flexibility index (Phi) is 4.59. The van der Waals surface area contributed by atoms with Crippen molar-refractivity contribution in [2.24, 2.45) is 0 Å². The zero-order valence-corrected chi connectivity index (χ0v) is 14.9. The van der Waals surface area contributed by atoms with Crippen molar-refractivity contribution < 1.29 is 4.79 Å². The van der Waals surface area contributed by atoms with Crippen LogP contribution < -0.4 is 5.32 Å². The lowest BCUT2D eigenvalue weighted by molar-refractivity contribution is 0.194. The van der Waals surface area contributed by atoms with Crippen molar-refractivity contribution >= 4 is 23.3 Å². The van der Waals surface area contributed by atoms with Crippen LogP contribution >= 0.6 is 11.6 Å². The van der Waals surface area contributed by atoms with Crippen molar-refractivity contribution in [1.82, 2.24) is 9.88 Å². The van der Waals surface area contributed by atoms with Gasteiger partial charge in [0.15, 0.2) is 0 Å². The van der Waals surface area contributed by atoms with Crippen molar-refractivity contribution in [3.63, 3.8) is 0 Å². The van der Waals surface area contributed by atoms with Gasteiger partial charge in [0.2, 0.25) is 0 Å². The van der Waals surface area contributed by atoms with Crippen molar-refractivity contribution in [3.05, 3.63) is 94.8 Å². The molecule has 0 spiro atoms. The lowest BCUT2D eigenvalue weighted by atomic mass is 9.89. The molecule has 0 radical (unpaired) electrons. The van der Waals surface area contributed by atoms with Crippen LogP contribution in [0, 0.1) is 0 Å². The van der Waals surface area contributed by atoms with Gasteiger partial charge < -0.3 is 10.2 Å². The summed E-state index contributed by atoms with van der Waals surface area (Å²) in [5.74, 6) is 0. The third kappa shape index (κ3) is 3.28. The Morgan fingerprint density at radius 2 is 1.88 bits per heavy atom. The topological polar surface area (TPSA) is 45.2 Å². The number of nitrogens with zero attached hydrogens (tertiary/aromatic N) is 2. The maximum absolute atomic E-state index is 13.0. The van der Waals surface area contributed by atoms with Crippen LogP contribution in [0.5, 0.6) is 0 Å². The Bertz CT molecular complexity index is 912. The summed E-state index contributed by atoms with van der Waals surface area (Å²) in [6.45, 7) is 0.649. The minimum atomic E-state index is -0.152. The number of anilines is 1. The second-order valence-electron chi connectivity index (χ2n) is 6.27. The molecule has 0 fully saturated rings. The molecule has 1 aromatic heterocycles. The molecule has 130 valence electrons. The van der Waals surface area contributed by atoms with Crippen LogP contribution in [-0.4, -0.2) is 22.5 Å². The molecular formula is C21H18ClN3O. The highest BCUT2D eigenvalue weighted by Gasteiger charge is 2.32. The number of urea groups is 1. The molecular weight excluding hydrogens is 346 g/mol. The highest BCUT2D eigenvalue weighted by atomic mass is 35.5. The van der Waals surface area contributed by atoms with Gasteiger partial charge in [0.1, 0.15) is 0 Å². The highest BCUT2D eigenvalue weighted by Crippen LogP contribution is 2.35. The molecule has 2 amide bonds. The Balaban J connectivity index is 1.68. The van der Waals surface area contributed by atoms with Crippen molar-refractivity contribution in [1.29, 1.82) is 0 Å². The Labute approximate surface area is 157 Å². The molecule has 3 aromatic rings. The fourth-order valence-electron chi connectivity index (χ4n) is 3.41. The van der Waals surface area contributed by atoms with Crippen molar-refractivity contribution in [2.45, 2.75) is 12.5 Å². The SMILES string of the molecule is O=C(Nc1ccc(Cl)cc1)N1CCc2ccccc2C1c1cccnc1. The molecule has 0 bridgehead atoms. The second kappa shape index (κ2) is 7.18. The van der Waals surface area contributed by atoms with E-state index in [-0.39, 0.29) is 12.1 Å². The van der Waals surface area contributed by atoms with Gasteiger partial charge in [-0.25, -0.2) is 4.79 Å². The van der Waals surface area contributed by atoms with Crippen LogP contribution in [0.1, 0.15) is 22.7 Å². The van der Waals surface area contributed by atoms with E-state index in [0.717, 1.165) is 23.2 Å². The molecule has 1 N–H and O–H groups in total. The number of benzene rings is 2. The fourth-order valence-corrected chi connectivity index (χ4v) is 3.54. The average Bonchev–Trinajstić information content (AvgIpc) is 2.69. The predicted octanol–water partition coefficient (Wildman–Crippen LogP) is 4.91. The first-order valence-corrected chi connectivity index (χ1v) is 8.91. The zero-order chi connectivity index (χ0) is 17.9. The number of carbonyl (C=O) groups is 1. The lowest BCUT2D eigenvalue weighted by Gasteiger charge is -2.37. The van der Waals surface area contributed by atoms with Gasteiger partial charge in [-0.2, -0.15) is 0 Å². The van der Waals surface area contributed by atoms with Crippen LogP contribution in [0.2, 0.25) is 5.02 Å². The Morgan fingerprint density at radius 1 is 1.08 bits per heavy atom. The van der Waals surface area contributed by atoms with Crippen LogP contribution in [0.3, 0.4) is 0 Å². The standard InChI is InChI=1S/C21H18ClN3O/c22-17-7-9-18(10-8-17)24-21(26)25-13-11-15-4-1-2-6-19(15)20(25)16-5-3-12-23-14-16/h1-10,12,14,20H,11,13H2,(H,24,26). The third-order valence-electron chi connectivity index (χ3n) is 4.64. The number of nitrogens with one attached hydrogen (secondary N) is 1. The zero-order valence-electron chi connectivity index (χ0n) is 14.1. The maximum Gasteiger partial charge on any atom is 0.322 e. The van der Waals surface area contributed by atoms with Gasteiger partial charge in [0, 0.05) is 29.6 Å². The van der Waals surface area contributed by atoms with Gasteiger partial charge in [-0.15, -0.1) is 0 Å². The van der Waals surface area contributed by atoms with E-state index in [0.29, 0.717) is 11.6 Å². The summed E-state index contributed by atoms with van der Waals surface area (Å²) in [7, 11) is 0. The smallest absolute Gasteiger partial charge is 0.313 e. The first kappa shape index (κ1) is 16.6. The first-order valence-electron chi connectivity index (χ1n) is 8.53. The molecule has 1 aliphatic rings. The van der Waals surface area contributed by atoms with Gasteiger partial charge in [-0.3, -0.25) is 4.98 Å². The van der Waals surface area contributed by atoms with Crippen LogP contribution in [0.15, 0.2) is 73.1 Å². The van der Waals surface area contributed by atoms with E-state index in [1.165, 1.54) is 5.56 Å². The van der Waals surface area contributed by atoms with E-state index in [1.807, 2.05) is 35.4 Å². The molecule has 0 saturated carbocycles. The molecule has 1 atom stereocenters. The number of hydrogen-bond donors (Lipinski definition) is 1. The molecule has 4 nitrogen and oxygen atoms in total. The van der Waals surface area contributed by atoms with Crippen molar-refractivity contribution in [3.8, 4) is 0 Å². The molecule has 5 heteroatoms. The number of rotatable bonds is 2. The second-order valence-corrected chi connectivity index (χ2v) is 6.70. The van der Waals surface area contributed by atoms with E-state index >= 15 is 0 Å². The molecule has 2 heterocycles. The largest absolute Gasteiger partial charge is 0.322 e. The highest BCUT2D eigenvalue weighted by molar-refractivity contribution is 6.30. The number of halogens is 1. The summed E-state index contributed by atoms with van der Waals surface area (Å²) in [6, 6.07) is 19.1. The predicted molar refractivity (Wildman–Crippen MR) is 103 cm³/mol. The van der Waals surface area contributed by atoms with Gasteiger partial charge in [0.05, 0.1) is 6.04 Å². The van der Waals surface area contributed by atoms with E-state index in [9.17, 15) is 4.79 Å². The van der Waals surface area contributed by atoms with Crippen LogP contribution in [-0.2, 0) is 6.42 Å². The maximum atomic E-state index is 13.0. The van der Waals surface area contributed by atoms with E-state index in [4.69, 9.17) is 11.6 Å². The van der Waals surface area contributed by atoms with Crippen molar-refractivity contribution in [2.75, 3.05) is 11.9 Å². The number of amides is 2. The van der Waals surface area contributed by atoms with Crippen LogP contribution in [0.25, 0.3) is 0 Å². The minimum absolute atomic E-state index is 0.129. The van der Waals surface area contributed by atoms with Gasteiger partial charge in [-0.05, 0) is 53.4 Å². The van der Waals surface area contributed by atoms with Gasteiger partial charge in [-0.1, -0.05) is 41.9 Å². The summed E-state index contributed by atoms with van der Waals surface area (Å²) in [5.41, 5.74) is 4.16. The monoisotopic (exact) mass is 363 g/mol. The molecule has 0 aliphatic carbocycles. The number of fused-ring (bicyclic) bond motifs is 1. The number of pyridine rings is 1. The number of aromatic nitrogens is 1. The van der Waals surface area contributed by atoms with Gasteiger partial charge in [0.25, 0.3) is 0 Å². The summed E-state index contributed by atoms with van der Waals surface area (Å²) in [4.78, 5) is 19.1. The minimum Gasteiger partial charge on any atom is -0.313 e. The van der Waals surface area contributed by atoms with Crippen LogP contribution in [0.4, 0.5) is 10.5 Å². The summed E-state index contributed by atoms with van der Waals surface area (Å²) in [5, 5.41) is 3.62.